The highest BCUT2D eigenvalue weighted by atomic mass is 35.5. The minimum Gasteiger partial charge on any atom is -0.484 e. The quantitative estimate of drug-likeness (QED) is 0.557. The number of hydrogen-bond donors (Lipinski definition) is 2. The van der Waals surface area contributed by atoms with Crippen LogP contribution in [0.25, 0.3) is 0 Å². The first-order chi connectivity index (χ1) is 14.0. The smallest absolute Gasteiger partial charge is 0.338 e. The SMILES string of the molecule is O=C(COC(=O)c1ccc2c(c1)CCCC2)NNC(=O)COc1ccc(Cl)cc1. The number of nitrogens with one attached hydrogen (secondary N) is 2. The Kier molecular flexibility index (Phi) is 7.08. The second-order valence-corrected chi connectivity index (χ2v) is 7.04. The third-order valence-electron chi connectivity index (χ3n) is 4.44. The molecule has 0 fully saturated rings. The van der Waals surface area contributed by atoms with E-state index in [1.807, 2.05) is 12.1 Å². The number of hydrazine groups is 1. The molecular weight excluding hydrogens is 396 g/mol. The molecule has 0 radical (unpaired) electrons. The molecule has 0 unspecified atom stereocenters. The van der Waals surface area contributed by atoms with E-state index in [9.17, 15) is 14.4 Å². The highest BCUT2D eigenvalue weighted by Gasteiger charge is 2.15. The molecule has 2 aromatic carbocycles. The highest BCUT2D eigenvalue weighted by Crippen LogP contribution is 2.22. The molecule has 0 bridgehead atoms. The summed E-state index contributed by atoms with van der Waals surface area (Å²) < 4.78 is 10.3. The number of carbonyl (C=O) groups is 3. The topological polar surface area (TPSA) is 93.7 Å². The lowest BCUT2D eigenvalue weighted by Crippen LogP contribution is -2.45. The van der Waals surface area contributed by atoms with Gasteiger partial charge in [0.1, 0.15) is 5.75 Å². The molecule has 2 N–H and O–H groups in total. The van der Waals surface area contributed by atoms with Crippen molar-refractivity contribution < 1.29 is 23.9 Å². The number of ether oxygens (including phenoxy) is 2. The van der Waals surface area contributed by atoms with E-state index in [1.54, 1.807) is 30.3 Å². The van der Waals surface area contributed by atoms with Gasteiger partial charge in [-0.3, -0.25) is 20.4 Å². The van der Waals surface area contributed by atoms with Crippen LogP contribution in [0.3, 0.4) is 0 Å². The summed E-state index contributed by atoms with van der Waals surface area (Å²) in [4.78, 5) is 35.6. The molecule has 8 heteroatoms. The molecule has 29 heavy (non-hydrogen) atoms. The Morgan fingerprint density at radius 2 is 1.52 bits per heavy atom. The molecule has 2 amide bonds. The van der Waals surface area contributed by atoms with Crippen LogP contribution in [0.1, 0.15) is 34.3 Å². The molecule has 0 atom stereocenters. The van der Waals surface area contributed by atoms with Crippen molar-refractivity contribution in [1.82, 2.24) is 10.9 Å². The van der Waals surface area contributed by atoms with Gasteiger partial charge in [-0.25, -0.2) is 4.79 Å². The lowest BCUT2D eigenvalue weighted by atomic mass is 9.90. The molecule has 7 nitrogen and oxygen atoms in total. The van der Waals surface area contributed by atoms with E-state index in [4.69, 9.17) is 21.1 Å². The second-order valence-electron chi connectivity index (χ2n) is 6.61. The minimum absolute atomic E-state index is 0.295. The van der Waals surface area contributed by atoms with Gasteiger partial charge in [-0.1, -0.05) is 17.7 Å². The Morgan fingerprint density at radius 3 is 2.24 bits per heavy atom. The molecule has 1 aliphatic rings. The summed E-state index contributed by atoms with van der Waals surface area (Å²) >= 11 is 5.76. The number of carbonyl (C=O) groups excluding carboxylic acids is 3. The summed E-state index contributed by atoms with van der Waals surface area (Å²) in [6.07, 6.45) is 4.23. The molecule has 0 aromatic heterocycles. The first-order valence-electron chi connectivity index (χ1n) is 9.26. The van der Waals surface area contributed by atoms with Gasteiger partial charge in [0, 0.05) is 5.02 Å². The minimum atomic E-state index is -0.656. The van der Waals surface area contributed by atoms with Crippen LogP contribution < -0.4 is 15.6 Å². The van der Waals surface area contributed by atoms with Crippen LogP contribution in [-0.2, 0) is 27.2 Å². The standard InChI is InChI=1S/C21H21ClN2O5/c22-17-7-9-18(10-8-17)28-12-19(25)23-24-20(26)13-29-21(27)16-6-5-14-3-1-2-4-15(14)11-16/h5-11H,1-4,12-13H2,(H,23,25)(H,24,26). The van der Waals surface area contributed by atoms with Gasteiger partial charge in [0.15, 0.2) is 13.2 Å². The predicted molar refractivity (Wildman–Crippen MR) is 107 cm³/mol. The average Bonchev–Trinajstić information content (AvgIpc) is 2.75. The van der Waals surface area contributed by atoms with E-state index < -0.39 is 24.4 Å². The van der Waals surface area contributed by atoms with Crippen molar-refractivity contribution in [3.63, 3.8) is 0 Å². The number of fused-ring (bicyclic) bond motifs is 1. The molecule has 3 rings (SSSR count). The summed E-state index contributed by atoms with van der Waals surface area (Å²) in [5, 5.41) is 0.555. The van der Waals surface area contributed by atoms with E-state index in [1.165, 1.54) is 5.56 Å². The molecular formula is C21H21ClN2O5. The van der Waals surface area contributed by atoms with Gasteiger partial charge in [0.2, 0.25) is 0 Å². The molecule has 152 valence electrons. The van der Waals surface area contributed by atoms with E-state index in [-0.39, 0.29) is 6.61 Å². The van der Waals surface area contributed by atoms with Gasteiger partial charge >= 0.3 is 5.97 Å². The molecule has 0 saturated carbocycles. The fourth-order valence-electron chi connectivity index (χ4n) is 2.97. The van der Waals surface area contributed by atoms with Gasteiger partial charge in [-0.2, -0.15) is 0 Å². The lowest BCUT2D eigenvalue weighted by Gasteiger charge is -2.16. The number of benzene rings is 2. The summed E-state index contributed by atoms with van der Waals surface area (Å²) in [6.45, 7) is -0.801. The number of halogens is 1. The third kappa shape index (κ3) is 6.22. The molecule has 0 saturated heterocycles. The molecule has 0 spiro atoms. The van der Waals surface area contributed by atoms with Crippen LogP contribution >= 0.6 is 11.6 Å². The van der Waals surface area contributed by atoms with Crippen molar-refractivity contribution in [3.05, 3.63) is 64.2 Å². The van der Waals surface area contributed by atoms with Gasteiger partial charge in [0.05, 0.1) is 5.56 Å². The van der Waals surface area contributed by atoms with E-state index in [2.05, 4.69) is 10.9 Å². The van der Waals surface area contributed by atoms with Crippen molar-refractivity contribution in [1.29, 1.82) is 0 Å². The monoisotopic (exact) mass is 416 g/mol. The summed E-state index contributed by atoms with van der Waals surface area (Å²) in [5.74, 6) is -1.33. The fraction of sp³-hybridized carbons (Fsp3) is 0.286. The maximum Gasteiger partial charge on any atom is 0.338 e. The molecule has 1 aliphatic carbocycles. The Labute approximate surface area is 173 Å². The maximum atomic E-state index is 12.1. The number of aryl methyl sites for hydroxylation is 2. The highest BCUT2D eigenvalue weighted by molar-refractivity contribution is 6.30. The largest absolute Gasteiger partial charge is 0.484 e. The predicted octanol–water partition coefficient (Wildman–Crippen LogP) is 2.60. The van der Waals surface area contributed by atoms with E-state index in [0.717, 1.165) is 31.2 Å². The lowest BCUT2D eigenvalue weighted by molar-refractivity contribution is -0.131. The van der Waals surface area contributed by atoms with Crippen LogP contribution in [0.2, 0.25) is 5.02 Å². The number of esters is 1. The normalized spacial score (nSPS) is 12.4. The zero-order chi connectivity index (χ0) is 20.6. The molecule has 0 heterocycles. The van der Waals surface area contributed by atoms with Crippen molar-refractivity contribution in [3.8, 4) is 5.75 Å². The first-order valence-corrected chi connectivity index (χ1v) is 9.64. The molecule has 0 aliphatic heterocycles. The summed E-state index contributed by atoms with van der Waals surface area (Å²) in [6, 6.07) is 12.0. The van der Waals surface area contributed by atoms with Crippen LogP contribution in [0.5, 0.6) is 5.75 Å². The third-order valence-corrected chi connectivity index (χ3v) is 4.70. The van der Waals surface area contributed by atoms with Crippen molar-refractivity contribution in [2.45, 2.75) is 25.7 Å². The Hall–Kier alpha value is -3.06. The first kappa shape index (κ1) is 20.7. The maximum absolute atomic E-state index is 12.1. The van der Waals surface area contributed by atoms with Crippen LogP contribution in [0, 0.1) is 0 Å². The zero-order valence-corrected chi connectivity index (χ0v) is 16.5. The van der Waals surface area contributed by atoms with Gasteiger partial charge in [0.25, 0.3) is 11.8 Å². The number of amides is 2. The summed E-state index contributed by atoms with van der Waals surface area (Å²) in [5.41, 5.74) is 7.19. The Bertz CT molecular complexity index is 898. The van der Waals surface area contributed by atoms with Crippen molar-refractivity contribution in [2.24, 2.45) is 0 Å². The van der Waals surface area contributed by atoms with Crippen LogP contribution in [-0.4, -0.2) is 31.0 Å². The summed E-state index contributed by atoms with van der Waals surface area (Å²) in [7, 11) is 0. The van der Waals surface area contributed by atoms with E-state index in [0.29, 0.717) is 16.3 Å². The number of rotatable bonds is 6. The average molecular weight is 417 g/mol. The Balaban J connectivity index is 1.37. The zero-order valence-electron chi connectivity index (χ0n) is 15.7. The number of hydrogen-bond acceptors (Lipinski definition) is 5. The second kappa shape index (κ2) is 9.93. The van der Waals surface area contributed by atoms with Gasteiger partial charge in [-0.15, -0.1) is 0 Å². The fourth-order valence-corrected chi connectivity index (χ4v) is 3.09. The van der Waals surface area contributed by atoms with Gasteiger partial charge < -0.3 is 9.47 Å². The van der Waals surface area contributed by atoms with Crippen molar-refractivity contribution >= 4 is 29.4 Å². The van der Waals surface area contributed by atoms with Crippen LogP contribution in [0.15, 0.2) is 42.5 Å². The van der Waals surface area contributed by atoms with Gasteiger partial charge in [-0.05, 0) is 73.2 Å². The van der Waals surface area contributed by atoms with Crippen molar-refractivity contribution in [2.75, 3.05) is 13.2 Å². The Morgan fingerprint density at radius 1 is 0.862 bits per heavy atom. The molecule has 2 aromatic rings. The van der Waals surface area contributed by atoms with E-state index >= 15 is 0 Å². The van der Waals surface area contributed by atoms with Crippen LogP contribution in [0.4, 0.5) is 0 Å².